The summed E-state index contributed by atoms with van der Waals surface area (Å²) in [5.74, 6) is 1.87. The first-order valence-electron chi connectivity index (χ1n) is 7.66. The molecule has 0 unspecified atom stereocenters. The molecule has 20 heavy (non-hydrogen) atoms. The van der Waals surface area contributed by atoms with Crippen molar-refractivity contribution in [2.75, 3.05) is 19.7 Å². The van der Waals surface area contributed by atoms with E-state index in [0.717, 1.165) is 37.8 Å². The normalized spacial score (nSPS) is 12.0. The zero-order valence-electron chi connectivity index (χ0n) is 13.6. The van der Waals surface area contributed by atoms with Crippen LogP contribution in [0, 0.1) is 0 Å². The van der Waals surface area contributed by atoms with Crippen LogP contribution in [0.15, 0.2) is 16.5 Å². The fourth-order valence-corrected chi connectivity index (χ4v) is 2.30. The smallest absolute Gasteiger partial charge is 0.129 e. The molecule has 0 spiro atoms. The van der Waals surface area contributed by atoms with Gasteiger partial charge in [0.15, 0.2) is 0 Å². The van der Waals surface area contributed by atoms with Crippen molar-refractivity contribution in [2.24, 2.45) is 0 Å². The van der Waals surface area contributed by atoms with Crippen LogP contribution in [0.25, 0.3) is 0 Å². The lowest BCUT2D eigenvalue weighted by Crippen LogP contribution is -2.39. The zero-order valence-corrected chi connectivity index (χ0v) is 13.6. The lowest BCUT2D eigenvalue weighted by atomic mass is 10.2. The molecule has 0 atom stereocenters. The summed E-state index contributed by atoms with van der Waals surface area (Å²) < 4.78 is 11.4. The van der Waals surface area contributed by atoms with Crippen LogP contribution in [0.4, 0.5) is 0 Å². The molecule has 0 fully saturated rings. The van der Waals surface area contributed by atoms with Crippen molar-refractivity contribution < 1.29 is 9.15 Å². The van der Waals surface area contributed by atoms with E-state index in [2.05, 4.69) is 44.8 Å². The van der Waals surface area contributed by atoms with Gasteiger partial charge in [-0.2, -0.15) is 0 Å². The zero-order chi connectivity index (χ0) is 15.0. The Morgan fingerprint density at radius 2 is 1.80 bits per heavy atom. The van der Waals surface area contributed by atoms with E-state index in [4.69, 9.17) is 9.15 Å². The second kappa shape index (κ2) is 9.16. The van der Waals surface area contributed by atoms with Gasteiger partial charge in [-0.25, -0.2) is 0 Å². The Morgan fingerprint density at radius 1 is 1.15 bits per heavy atom. The van der Waals surface area contributed by atoms with Crippen LogP contribution in [-0.4, -0.2) is 36.7 Å². The number of nitrogens with zero attached hydrogens (tertiary/aromatic N) is 1. The summed E-state index contributed by atoms with van der Waals surface area (Å²) in [5, 5.41) is 3.24. The van der Waals surface area contributed by atoms with Crippen molar-refractivity contribution in [3.8, 4) is 0 Å². The van der Waals surface area contributed by atoms with Crippen molar-refractivity contribution in [3.63, 3.8) is 0 Å². The molecule has 4 heteroatoms. The summed E-state index contributed by atoms with van der Waals surface area (Å²) in [6, 6.07) is 5.11. The summed E-state index contributed by atoms with van der Waals surface area (Å²) in [4.78, 5) is 2.43. The molecular formula is C16H30N2O2. The Morgan fingerprint density at radius 3 is 2.40 bits per heavy atom. The first-order chi connectivity index (χ1) is 9.54. The van der Waals surface area contributed by atoms with E-state index in [9.17, 15) is 0 Å². The van der Waals surface area contributed by atoms with E-state index >= 15 is 0 Å². The quantitative estimate of drug-likeness (QED) is 0.669. The number of furan rings is 1. The standard InChI is InChI=1S/C16H30N2O2/c1-6-17-11-15-7-8-16(20-15)12-19-10-9-18(13(2)3)14(4)5/h7-8,13-14,17H,6,9-12H2,1-5H3. The maximum atomic E-state index is 5.71. The number of nitrogens with one attached hydrogen (secondary N) is 1. The molecule has 1 N–H and O–H groups in total. The Hall–Kier alpha value is -0.840. The van der Waals surface area contributed by atoms with Gasteiger partial charge in [0, 0.05) is 18.6 Å². The summed E-state index contributed by atoms with van der Waals surface area (Å²) >= 11 is 0. The van der Waals surface area contributed by atoms with E-state index in [1.54, 1.807) is 0 Å². The molecule has 0 saturated heterocycles. The molecule has 0 radical (unpaired) electrons. The van der Waals surface area contributed by atoms with E-state index in [-0.39, 0.29) is 0 Å². The monoisotopic (exact) mass is 282 g/mol. The van der Waals surface area contributed by atoms with Crippen LogP contribution in [0.1, 0.15) is 46.1 Å². The fraction of sp³-hybridized carbons (Fsp3) is 0.750. The second-order valence-electron chi connectivity index (χ2n) is 5.63. The van der Waals surface area contributed by atoms with Gasteiger partial charge in [-0.15, -0.1) is 0 Å². The average Bonchev–Trinajstić information content (AvgIpc) is 2.83. The van der Waals surface area contributed by atoms with E-state index < -0.39 is 0 Å². The van der Waals surface area contributed by atoms with Gasteiger partial charge in [0.2, 0.25) is 0 Å². The number of hydrogen-bond donors (Lipinski definition) is 1. The van der Waals surface area contributed by atoms with E-state index in [1.165, 1.54) is 0 Å². The molecule has 0 aliphatic rings. The molecule has 0 aromatic carbocycles. The van der Waals surface area contributed by atoms with Crippen molar-refractivity contribution in [1.29, 1.82) is 0 Å². The van der Waals surface area contributed by atoms with Crippen LogP contribution < -0.4 is 5.32 Å². The number of hydrogen-bond acceptors (Lipinski definition) is 4. The largest absolute Gasteiger partial charge is 0.462 e. The van der Waals surface area contributed by atoms with Crippen molar-refractivity contribution >= 4 is 0 Å². The van der Waals surface area contributed by atoms with Gasteiger partial charge in [0.05, 0.1) is 13.2 Å². The van der Waals surface area contributed by atoms with Gasteiger partial charge >= 0.3 is 0 Å². The maximum absolute atomic E-state index is 5.71. The Kier molecular flexibility index (Phi) is 7.88. The van der Waals surface area contributed by atoms with Crippen molar-refractivity contribution in [2.45, 2.75) is 59.9 Å². The fourth-order valence-electron chi connectivity index (χ4n) is 2.30. The third-order valence-corrected chi connectivity index (χ3v) is 3.33. The molecule has 0 aliphatic heterocycles. The molecule has 1 rings (SSSR count). The van der Waals surface area contributed by atoms with Crippen LogP contribution in [-0.2, 0) is 17.9 Å². The van der Waals surface area contributed by atoms with Gasteiger partial charge < -0.3 is 14.5 Å². The molecule has 4 nitrogen and oxygen atoms in total. The predicted molar refractivity (Wildman–Crippen MR) is 82.7 cm³/mol. The second-order valence-corrected chi connectivity index (χ2v) is 5.63. The minimum absolute atomic E-state index is 0.550. The van der Waals surface area contributed by atoms with Gasteiger partial charge in [-0.05, 0) is 46.4 Å². The SMILES string of the molecule is CCNCc1ccc(COCCN(C(C)C)C(C)C)o1. The minimum Gasteiger partial charge on any atom is -0.462 e. The maximum Gasteiger partial charge on any atom is 0.129 e. The summed E-state index contributed by atoms with van der Waals surface area (Å²) in [6.07, 6.45) is 0. The first kappa shape index (κ1) is 17.2. The topological polar surface area (TPSA) is 37.6 Å². The highest BCUT2D eigenvalue weighted by molar-refractivity contribution is 5.06. The summed E-state index contributed by atoms with van der Waals surface area (Å²) in [6.45, 7) is 15.0. The van der Waals surface area contributed by atoms with E-state index in [1.807, 2.05) is 12.1 Å². The van der Waals surface area contributed by atoms with Crippen molar-refractivity contribution in [1.82, 2.24) is 10.2 Å². The van der Waals surface area contributed by atoms with Gasteiger partial charge in [0.25, 0.3) is 0 Å². The molecule has 1 heterocycles. The lowest BCUT2D eigenvalue weighted by Gasteiger charge is -2.30. The highest BCUT2D eigenvalue weighted by Crippen LogP contribution is 2.09. The third-order valence-electron chi connectivity index (χ3n) is 3.33. The third kappa shape index (κ3) is 6.07. The molecule has 1 aromatic heterocycles. The lowest BCUT2D eigenvalue weighted by molar-refractivity contribution is 0.0616. The Labute approximate surface area is 123 Å². The molecule has 0 saturated carbocycles. The van der Waals surface area contributed by atoms with Gasteiger partial charge in [-0.1, -0.05) is 6.92 Å². The first-order valence-corrected chi connectivity index (χ1v) is 7.66. The minimum atomic E-state index is 0.550. The highest BCUT2D eigenvalue weighted by Gasteiger charge is 2.12. The molecule has 116 valence electrons. The van der Waals surface area contributed by atoms with Crippen LogP contribution >= 0.6 is 0 Å². The predicted octanol–water partition coefficient (Wildman–Crippen LogP) is 3.02. The molecule has 0 aliphatic carbocycles. The number of rotatable bonds is 10. The van der Waals surface area contributed by atoms with Crippen LogP contribution in [0.2, 0.25) is 0 Å². The average molecular weight is 282 g/mol. The molecule has 1 aromatic rings. The Balaban J connectivity index is 2.25. The molecular weight excluding hydrogens is 252 g/mol. The van der Waals surface area contributed by atoms with E-state index in [0.29, 0.717) is 18.7 Å². The summed E-state index contributed by atoms with van der Waals surface area (Å²) in [5.41, 5.74) is 0. The number of ether oxygens (including phenoxy) is 1. The highest BCUT2D eigenvalue weighted by atomic mass is 16.5. The van der Waals surface area contributed by atoms with Crippen LogP contribution in [0.5, 0.6) is 0 Å². The van der Waals surface area contributed by atoms with Crippen molar-refractivity contribution in [3.05, 3.63) is 23.7 Å². The van der Waals surface area contributed by atoms with Crippen LogP contribution in [0.3, 0.4) is 0 Å². The summed E-state index contributed by atoms with van der Waals surface area (Å²) in [7, 11) is 0. The molecule has 0 amide bonds. The van der Waals surface area contributed by atoms with Gasteiger partial charge in [-0.3, -0.25) is 4.90 Å². The van der Waals surface area contributed by atoms with Gasteiger partial charge in [0.1, 0.15) is 18.1 Å². The Bertz CT molecular complexity index is 353. The molecule has 0 bridgehead atoms.